The van der Waals surface area contributed by atoms with E-state index in [2.05, 4.69) is 6.92 Å². The van der Waals surface area contributed by atoms with Gasteiger partial charge in [0, 0.05) is 6.42 Å². The number of alkyl halides is 5. The van der Waals surface area contributed by atoms with Crippen molar-refractivity contribution in [3.63, 3.8) is 0 Å². The van der Waals surface area contributed by atoms with Gasteiger partial charge < -0.3 is 0 Å². The quantitative estimate of drug-likeness (QED) is 0.582. The zero-order valence-corrected chi connectivity index (χ0v) is 6.43. The highest BCUT2D eigenvalue weighted by Crippen LogP contribution is 2.33. The molecule has 0 saturated heterocycles. The summed E-state index contributed by atoms with van der Waals surface area (Å²) in [6, 6.07) is 0. The van der Waals surface area contributed by atoms with Crippen molar-refractivity contribution in [1.29, 1.82) is 0 Å². The van der Waals surface area contributed by atoms with Crippen LogP contribution in [0.2, 0.25) is 0 Å². The SMILES string of the molecule is [CH2]CCC(F)(F)CC(F)(F)CF. The van der Waals surface area contributed by atoms with Crippen molar-refractivity contribution in [2.24, 2.45) is 0 Å². The molecule has 0 rings (SSSR count). The maximum atomic E-state index is 12.4. The lowest BCUT2D eigenvalue weighted by atomic mass is 10.1. The van der Waals surface area contributed by atoms with Crippen molar-refractivity contribution in [3.05, 3.63) is 6.92 Å². The van der Waals surface area contributed by atoms with E-state index in [0.29, 0.717) is 0 Å². The number of hydrogen-bond donors (Lipinski definition) is 0. The van der Waals surface area contributed by atoms with Gasteiger partial charge in [-0.15, -0.1) is 0 Å². The predicted octanol–water partition coefficient (Wildman–Crippen LogP) is 3.23. The lowest BCUT2D eigenvalue weighted by Crippen LogP contribution is -2.30. The first-order chi connectivity index (χ1) is 5.33. The minimum Gasteiger partial charge on any atom is -0.244 e. The Bertz CT molecular complexity index is 132. The zero-order chi connectivity index (χ0) is 9.83. The van der Waals surface area contributed by atoms with E-state index in [1.54, 1.807) is 0 Å². The van der Waals surface area contributed by atoms with E-state index >= 15 is 0 Å². The summed E-state index contributed by atoms with van der Waals surface area (Å²) in [5.74, 6) is -7.43. The molecule has 0 heterocycles. The molecular weight excluding hydrogens is 179 g/mol. The topological polar surface area (TPSA) is 0 Å². The summed E-state index contributed by atoms with van der Waals surface area (Å²) in [7, 11) is 0. The van der Waals surface area contributed by atoms with Crippen molar-refractivity contribution in [2.75, 3.05) is 6.67 Å². The van der Waals surface area contributed by atoms with E-state index in [-0.39, 0.29) is 6.42 Å². The van der Waals surface area contributed by atoms with E-state index < -0.39 is 31.4 Å². The number of rotatable bonds is 5. The van der Waals surface area contributed by atoms with Crippen LogP contribution < -0.4 is 0 Å². The minimum absolute atomic E-state index is 0.143. The molecule has 0 aliphatic carbocycles. The molecule has 0 spiro atoms. The Balaban J connectivity index is 4.04. The van der Waals surface area contributed by atoms with E-state index in [1.165, 1.54) is 0 Å². The average molecular weight is 189 g/mol. The van der Waals surface area contributed by atoms with Gasteiger partial charge in [-0.3, -0.25) is 0 Å². The van der Waals surface area contributed by atoms with Crippen LogP contribution >= 0.6 is 0 Å². The van der Waals surface area contributed by atoms with Gasteiger partial charge in [-0.1, -0.05) is 6.92 Å². The zero-order valence-electron chi connectivity index (χ0n) is 6.43. The van der Waals surface area contributed by atoms with E-state index in [4.69, 9.17) is 0 Å². The number of hydrogen-bond acceptors (Lipinski definition) is 0. The molecule has 0 saturated carbocycles. The van der Waals surface area contributed by atoms with Gasteiger partial charge in [0.1, 0.15) is 0 Å². The molecule has 0 bridgehead atoms. The Morgan fingerprint density at radius 1 is 1.00 bits per heavy atom. The Hall–Kier alpha value is -0.350. The second kappa shape index (κ2) is 4.05. The van der Waals surface area contributed by atoms with Crippen molar-refractivity contribution in [1.82, 2.24) is 0 Å². The van der Waals surface area contributed by atoms with Gasteiger partial charge in [0.05, 0.1) is 6.42 Å². The van der Waals surface area contributed by atoms with E-state index in [0.717, 1.165) is 0 Å². The molecule has 0 atom stereocenters. The largest absolute Gasteiger partial charge is 0.281 e. The van der Waals surface area contributed by atoms with Crippen LogP contribution in [0, 0.1) is 6.92 Å². The average Bonchev–Trinajstić information content (AvgIpc) is 1.85. The first-order valence-electron chi connectivity index (χ1n) is 3.44. The summed E-state index contributed by atoms with van der Waals surface area (Å²) >= 11 is 0. The fraction of sp³-hybridized carbons (Fsp3) is 0.857. The van der Waals surface area contributed by atoms with Gasteiger partial charge in [-0.25, -0.2) is 22.0 Å². The first-order valence-corrected chi connectivity index (χ1v) is 3.44. The molecule has 0 aliphatic rings. The molecule has 73 valence electrons. The molecule has 5 heteroatoms. The third-order valence-electron chi connectivity index (χ3n) is 1.26. The minimum atomic E-state index is -3.92. The lowest BCUT2D eigenvalue weighted by Gasteiger charge is -2.20. The van der Waals surface area contributed by atoms with Gasteiger partial charge in [0.2, 0.25) is 0 Å². The summed E-state index contributed by atoms with van der Waals surface area (Å²) in [6.07, 6.45) is -2.61. The van der Waals surface area contributed by atoms with Gasteiger partial charge >= 0.3 is 0 Å². The van der Waals surface area contributed by atoms with Crippen LogP contribution in [0.4, 0.5) is 22.0 Å². The molecule has 0 aliphatic heterocycles. The molecule has 0 N–H and O–H groups in total. The predicted molar refractivity (Wildman–Crippen MR) is 35.1 cm³/mol. The lowest BCUT2D eigenvalue weighted by molar-refractivity contribution is -0.122. The van der Waals surface area contributed by atoms with E-state index in [9.17, 15) is 22.0 Å². The molecule has 0 unspecified atom stereocenters. The molecule has 0 amide bonds. The fourth-order valence-electron chi connectivity index (χ4n) is 0.773. The van der Waals surface area contributed by atoms with Gasteiger partial charge in [-0.2, -0.15) is 0 Å². The van der Waals surface area contributed by atoms with Crippen LogP contribution in [0.5, 0.6) is 0 Å². The Morgan fingerprint density at radius 2 is 1.50 bits per heavy atom. The summed E-state index contributed by atoms with van der Waals surface area (Å²) in [4.78, 5) is 0. The Kier molecular flexibility index (Phi) is 3.93. The van der Waals surface area contributed by atoms with Crippen LogP contribution in [0.25, 0.3) is 0 Å². The summed E-state index contributed by atoms with van der Waals surface area (Å²) in [5, 5.41) is 0. The highest BCUT2D eigenvalue weighted by molar-refractivity contribution is 4.77. The van der Waals surface area contributed by atoms with Crippen LogP contribution in [0.1, 0.15) is 19.3 Å². The third kappa shape index (κ3) is 4.51. The Morgan fingerprint density at radius 3 is 1.83 bits per heavy atom. The second-order valence-electron chi connectivity index (χ2n) is 2.63. The summed E-state index contributed by atoms with van der Waals surface area (Å²) < 4.78 is 60.5. The Labute approximate surface area is 67.8 Å². The van der Waals surface area contributed by atoms with Gasteiger partial charge in [0.25, 0.3) is 11.8 Å². The second-order valence-corrected chi connectivity index (χ2v) is 2.63. The maximum Gasteiger partial charge on any atom is 0.281 e. The monoisotopic (exact) mass is 189 g/mol. The molecule has 0 fully saturated rings. The molecule has 12 heavy (non-hydrogen) atoms. The van der Waals surface area contributed by atoms with Crippen molar-refractivity contribution < 1.29 is 22.0 Å². The maximum absolute atomic E-state index is 12.4. The summed E-state index contributed by atoms with van der Waals surface area (Å²) in [5.41, 5.74) is 0. The van der Waals surface area contributed by atoms with Crippen LogP contribution in [-0.4, -0.2) is 18.5 Å². The molecular formula is C7H10F5. The highest BCUT2D eigenvalue weighted by Gasteiger charge is 2.42. The smallest absolute Gasteiger partial charge is 0.244 e. The fourth-order valence-corrected chi connectivity index (χ4v) is 0.773. The van der Waals surface area contributed by atoms with Crippen molar-refractivity contribution >= 4 is 0 Å². The molecule has 0 nitrogen and oxygen atoms in total. The van der Waals surface area contributed by atoms with Crippen molar-refractivity contribution in [2.45, 2.75) is 31.1 Å². The molecule has 0 aromatic carbocycles. The normalized spacial score (nSPS) is 13.5. The van der Waals surface area contributed by atoms with Crippen LogP contribution in [0.3, 0.4) is 0 Å². The highest BCUT2D eigenvalue weighted by atomic mass is 19.3. The first kappa shape index (κ1) is 11.6. The number of halogens is 5. The van der Waals surface area contributed by atoms with Gasteiger partial charge in [-0.05, 0) is 6.42 Å². The van der Waals surface area contributed by atoms with Gasteiger partial charge in [0.15, 0.2) is 6.67 Å². The third-order valence-corrected chi connectivity index (χ3v) is 1.26. The van der Waals surface area contributed by atoms with Crippen LogP contribution in [0.15, 0.2) is 0 Å². The molecule has 1 radical (unpaired) electrons. The summed E-state index contributed by atoms with van der Waals surface area (Å²) in [6.45, 7) is 1.07. The molecule has 0 aromatic rings. The van der Waals surface area contributed by atoms with Crippen LogP contribution in [-0.2, 0) is 0 Å². The standard InChI is InChI=1S/C7H10F5/c1-2-3-6(9,10)4-7(11,12)5-8/h1-5H2. The molecule has 0 aromatic heterocycles. The van der Waals surface area contributed by atoms with E-state index in [1.807, 2.05) is 0 Å². The van der Waals surface area contributed by atoms with Crippen molar-refractivity contribution in [3.8, 4) is 0 Å².